The second kappa shape index (κ2) is 5.82. The molecule has 4 aromatic rings. The summed E-state index contributed by atoms with van der Waals surface area (Å²) >= 11 is 0. The van der Waals surface area contributed by atoms with Crippen molar-refractivity contribution in [1.29, 1.82) is 0 Å². The van der Waals surface area contributed by atoms with Gasteiger partial charge in [0, 0.05) is 11.1 Å². The highest BCUT2D eigenvalue weighted by Gasteiger charge is 2.10. The number of ether oxygens (including phenoxy) is 1. The van der Waals surface area contributed by atoms with Gasteiger partial charge in [-0.15, -0.1) is 0 Å². The molecule has 0 unspecified atom stereocenters. The van der Waals surface area contributed by atoms with E-state index in [1.54, 1.807) is 7.11 Å². The summed E-state index contributed by atoms with van der Waals surface area (Å²) in [6.45, 7) is 0. The molecule has 0 bridgehead atoms. The predicted molar refractivity (Wildman–Crippen MR) is 97.9 cm³/mol. The lowest BCUT2D eigenvalue weighted by Gasteiger charge is -2.06. The number of ketones is 1. The van der Waals surface area contributed by atoms with Crippen LogP contribution in [0.15, 0.2) is 78.9 Å². The second-order valence-electron chi connectivity index (χ2n) is 5.82. The molecule has 0 radical (unpaired) electrons. The van der Waals surface area contributed by atoms with Crippen molar-refractivity contribution in [2.75, 3.05) is 7.11 Å². The first kappa shape index (κ1) is 14.5. The van der Waals surface area contributed by atoms with Crippen molar-refractivity contribution in [1.82, 2.24) is 0 Å². The smallest absolute Gasteiger partial charge is 0.193 e. The van der Waals surface area contributed by atoms with Crippen LogP contribution in [0.3, 0.4) is 0 Å². The molecule has 0 aliphatic rings. The molecule has 0 saturated heterocycles. The molecule has 2 nitrogen and oxygen atoms in total. The summed E-state index contributed by atoms with van der Waals surface area (Å²) in [6.07, 6.45) is 0. The molecule has 0 N–H and O–H groups in total. The van der Waals surface area contributed by atoms with E-state index in [1.807, 2.05) is 78.9 Å². The summed E-state index contributed by atoms with van der Waals surface area (Å²) in [5.74, 6) is 0.856. The third-order valence-corrected chi connectivity index (χ3v) is 4.32. The molecule has 24 heavy (non-hydrogen) atoms. The van der Waals surface area contributed by atoms with Crippen molar-refractivity contribution >= 4 is 27.3 Å². The van der Waals surface area contributed by atoms with E-state index in [1.165, 1.54) is 0 Å². The minimum Gasteiger partial charge on any atom is -0.497 e. The van der Waals surface area contributed by atoms with E-state index in [9.17, 15) is 4.79 Å². The van der Waals surface area contributed by atoms with Crippen LogP contribution in [0.25, 0.3) is 21.5 Å². The normalized spacial score (nSPS) is 10.9. The van der Waals surface area contributed by atoms with Gasteiger partial charge in [0.1, 0.15) is 5.75 Å². The summed E-state index contributed by atoms with van der Waals surface area (Å²) in [6, 6.07) is 25.5. The first-order valence-corrected chi connectivity index (χ1v) is 7.86. The van der Waals surface area contributed by atoms with Crippen molar-refractivity contribution in [3.8, 4) is 5.75 Å². The zero-order valence-electron chi connectivity index (χ0n) is 13.3. The van der Waals surface area contributed by atoms with E-state index >= 15 is 0 Å². The predicted octanol–water partition coefficient (Wildman–Crippen LogP) is 5.23. The van der Waals surface area contributed by atoms with Crippen LogP contribution in [0.1, 0.15) is 15.9 Å². The maximum absolute atomic E-state index is 12.8. The lowest BCUT2D eigenvalue weighted by Crippen LogP contribution is -2.01. The first-order valence-electron chi connectivity index (χ1n) is 7.86. The molecular weight excluding hydrogens is 296 g/mol. The topological polar surface area (TPSA) is 26.3 Å². The Kier molecular flexibility index (Phi) is 3.51. The van der Waals surface area contributed by atoms with Gasteiger partial charge in [-0.2, -0.15) is 0 Å². The molecule has 0 fully saturated rings. The number of hydrogen-bond donors (Lipinski definition) is 0. The van der Waals surface area contributed by atoms with E-state index in [0.717, 1.165) is 27.3 Å². The Hall–Kier alpha value is -3.13. The maximum Gasteiger partial charge on any atom is 0.193 e. The van der Waals surface area contributed by atoms with E-state index in [0.29, 0.717) is 11.1 Å². The summed E-state index contributed by atoms with van der Waals surface area (Å²) in [5, 5.41) is 4.31. The number of methoxy groups -OCH3 is 1. The van der Waals surface area contributed by atoms with Crippen LogP contribution in [0, 0.1) is 0 Å². The lowest BCUT2D eigenvalue weighted by molar-refractivity contribution is 0.103. The summed E-state index contributed by atoms with van der Waals surface area (Å²) in [7, 11) is 1.65. The summed E-state index contributed by atoms with van der Waals surface area (Å²) in [4.78, 5) is 12.8. The van der Waals surface area contributed by atoms with Gasteiger partial charge in [0.05, 0.1) is 7.11 Å². The van der Waals surface area contributed by atoms with Gasteiger partial charge < -0.3 is 4.74 Å². The van der Waals surface area contributed by atoms with E-state index in [4.69, 9.17) is 4.74 Å². The molecule has 4 rings (SSSR count). The monoisotopic (exact) mass is 312 g/mol. The van der Waals surface area contributed by atoms with Crippen LogP contribution >= 0.6 is 0 Å². The third kappa shape index (κ3) is 2.52. The number of carbonyl (C=O) groups excluding carboxylic acids is 1. The fourth-order valence-corrected chi connectivity index (χ4v) is 2.99. The molecular formula is C22H16O2. The van der Waals surface area contributed by atoms with Crippen LogP contribution in [0.5, 0.6) is 5.75 Å². The Morgan fingerprint density at radius 1 is 0.667 bits per heavy atom. The van der Waals surface area contributed by atoms with Crippen LogP contribution in [0.4, 0.5) is 0 Å². The highest BCUT2D eigenvalue weighted by atomic mass is 16.5. The van der Waals surface area contributed by atoms with Gasteiger partial charge in [0.25, 0.3) is 0 Å². The van der Waals surface area contributed by atoms with Gasteiger partial charge in [0.15, 0.2) is 5.78 Å². The quantitative estimate of drug-likeness (QED) is 0.484. The highest BCUT2D eigenvalue weighted by molar-refractivity contribution is 6.12. The first-order chi connectivity index (χ1) is 11.7. The third-order valence-electron chi connectivity index (χ3n) is 4.32. The molecule has 0 aromatic heterocycles. The number of hydrogen-bond acceptors (Lipinski definition) is 2. The van der Waals surface area contributed by atoms with Gasteiger partial charge in [-0.25, -0.2) is 0 Å². The van der Waals surface area contributed by atoms with Crippen LogP contribution < -0.4 is 4.74 Å². The summed E-state index contributed by atoms with van der Waals surface area (Å²) < 4.78 is 5.24. The zero-order valence-corrected chi connectivity index (χ0v) is 13.3. The second-order valence-corrected chi connectivity index (χ2v) is 5.82. The molecule has 0 saturated carbocycles. The standard InChI is InChI=1S/C22H16O2/c1-24-21-11-10-17-13-20(9-7-18(17)14-21)22(23)19-8-6-15-4-2-3-5-16(15)12-19/h2-14H,1H3. The van der Waals surface area contributed by atoms with Crippen LogP contribution in [-0.2, 0) is 0 Å². The number of rotatable bonds is 3. The van der Waals surface area contributed by atoms with Crippen LogP contribution in [-0.4, -0.2) is 12.9 Å². The van der Waals surface area contributed by atoms with Crippen molar-refractivity contribution < 1.29 is 9.53 Å². The van der Waals surface area contributed by atoms with E-state index in [-0.39, 0.29) is 5.78 Å². The van der Waals surface area contributed by atoms with E-state index in [2.05, 4.69) is 0 Å². The Balaban J connectivity index is 1.76. The average Bonchev–Trinajstić information content (AvgIpc) is 2.66. The Morgan fingerprint density at radius 2 is 1.21 bits per heavy atom. The molecule has 4 aromatic carbocycles. The molecule has 0 aliphatic heterocycles. The van der Waals surface area contributed by atoms with Crippen molar-refractivity contribution in [2.24, 2.45) is 0 Å². The van der Waals surface area contributed by atoms with Gasteiger partial charge in [0.2, 0.25) is 0 Å². The minimum atomic E-state index is 0.0403. The molecule has 0 spiro atoms. The number of carbonyl (C=O) groups is 1. The van der Waals surface area contributed by atoms with Crippen molar-refractivity contribution in [2.45, 2.75) is 0 Å². The van der Waals surface area contributed by atoms with Gasteiger partial charge in [-0.05, 0) is 45.8 Å². The van der Waals surface area contributed by atoms with Gasteiger partial charge >= 0.3 is 0 Å². The van der Waals surface area contributed by atoms with Gasteiger partial charge in [-0.3, -0.25) is 4.79 Å². The average molecular weight is 312 g/mol. The van der Waals surface area contributed by atoms with Gasteiger partial charge in [-0.1, -0.05) is 54.6 Å². The van der Waals surface area contributed by atoms with Crippen molar-refractivity contribution in [3.05, 3.63) is 90.0 Å². The number of benzene rings is 4. The largest absolute Gasteiger partial charge is 0.497 e. The van der Waals surface area contributed by atoms with E-state index < -0.39 is 0 Å². The molecule has 0 atom stereocenters. The Labute approximate surface area is 140 Å². The lowest BCUT2D eigenvalue weighted by atomic mass is 9.98. The highest BCUT2D eigenvalue weighted by Crippen LogP contribution is 2.24. The fraction of sp³-hybridized carbons (Fsp3) is 0.0455. The maximum atomic E-state index is 12.8. The molecule has 0 aliphatic carbocycles. The summed E-state index contributed by atoms with van der Waals surface area (Å²) in [5.41, 5.74) is 1.41. The zero-order chi connectivity index (χ0) is 16.5. The molecule has 2 heteroatoms. The fourth-order valence-electron chi connectivity index (χ4n) is 2.99. The Morgan fingerprint density at radius 3 is 1.92 bits per heavy atom. The van der Waals surface area contributed by atoms with Crippen molar-refractivity contribution in [3.63, 3.8) is 0 Å². The van der Waals surface area contributed by atoms with Crippen LogP contribution in [0.2, 0.25) is 0 Å². The Bertz CT molecular complexity index is 1060. The molecule has 0 heterocycles. The molecule has 0 amide bonds. The minimum absolute atomic E-state index is 0.0403. The SMILES string of the molecule is COc1ccc2cc(C(=O)c3ccc4ccccc4c3)ccc2c1. The number of fused-ring (bicyclic) bond motifs is 2. The molecule has 116 valence electrons.